The first kappa shape index (κ1) is 13.9. The largest absolute Gasteiger partial charge is 0.390 e. The van der Waals surface area contributed by atoms with Crippen LogP contribution < -0.4 is 0 Å². The van der Waals surface area contributed by atoms with E-state index < -0.39 is 5.60 Å². The number of nitrogens with zero attached hydrogens (tertiary/aromatic N) is 1. The number of likely N-dealkylation sites (tertiary alicyclic amines) is 1. The molecule has 1 aliphatic rings. The monoisotopic (exact) mass is 292 g/mol. The fourth-order valence-electron chi connectivity index (χ4n) is 3.05. The van der Waals surface area contributed by atoms with E-state index in [0.29, 0.717) is 5.92 Å². The summed E-state index contributed by atoms with van der Waals surface area (Å²) >= 11 is 6.45. The Labute approximate surface area is 124 Å². The minimum Gasteiger partial charge on any atom is -0.390 e. The molecule has 0 radical (unpaired) electrons. The summed E-state index contributed by atoms with van der Waals surface area (Å²) in [7, 11) is 0. The maximum Gasteiger partial charge on any atom is 0.0705 e. The molecule has 0 aliphatic carbocycles. The highest BCUT2D eigenvalue weighted by Gasteiger charge is 2.33. The van der Waals surface area contributed by atoms with Gasteiger partial charge in [-0.1, -0.05) is 29.8 Å². The third kappa shape index (κ3) is 2.58. The predicted octanol–water partition coefficient (Wildman–Crippen LogP) is 3.41. The van der Waals surface area contributed by atoms with Crippen molar-refractivity contribution in [1.29, 1.82) is 0 Å². The fraction of sp³-hybridized carbons (Fsp3) is 0.500. The van der Waals surface area contributed by atoms with Crippen LogP contribution in [-0.2, 0) is 6.54 Å². The second-order valence-electron chi connectivity index (χ2n) is 6.34. The summed E-state index contributed by atoms with van der Waals surface area (Å²) in [4.78, 5) is 5.77. The number of fused-ring (bicyclic) bond motifs is 1. The summed E-state index contributed by atoms with van der Waals surface area (Å²) in [5.74, 6) is 0.339. The lowest BCUT2D eigenvalue weighted by atomic mass is 9.90. The summed E-state index contributed by atoms with van der Waals surface area (Å²) < 4.78 is 0. The van der Waals surface area contributed by atoms with E-state index in [2.05, 4.69) is 9.88 Å². The van der Waals surface area contributed by atoms with Crippen LogP contribution in [0.2, 0.25) is 5.02 Å². The van der Waals surface area contributed by atoms with Gasteiger partial charge in [-0.05, 0) is 32.9 Å². The molecule has 1 saturated heterocycles. The number of H-pyrrole nitrogens is 1. The highest BCUT2D eigenvalue weighted by Crippen LogP contribution is 2.31. The summed E-state index contributed by atoms with van der Waals surface area (Å²) in [5.41, 5.74) is 1.56. The molecule has 4 heteroatoms. The summed E-state index contributed by atoms with van der Waals surface area (Å²) in [6, 6.07) is 8.11. The molecule has 1 aliphatic heterocycles. The molecule has 2 heterocycles. The molecule has 1 fully saturated rings. The molecule has 20 heavy (non-hydrogen) atoms. The van der Waals surface area contributed by atoms with Crippen LogP contribution in [0.15, 0.2) is 24.3 Å². The van der Waals surface area contributed by atoms with Crippen LogP contribution in [0.25, 0.3) is 10.9 Å². The zero-order valence-corrected chi connectivity index (χ0v) is 12.7. The van der Waals surface area contributed by atoms with Crippen LogP contribution in [0.5, 0.6) is 0 Å². The average Bonchev–Trinajstić information content (AvgIpc) is 2.97. The molecule has 2 N–H and O–H groups in total. The van der Waals surface area contributed by atoms with Crippen LogP contribution in [0, 0.1) is 5.92 Å². The van der Waals surface area contributed by atoms with E-state index in [1.807, 2.05) is 38.1 Å². The van der Waals surface area contributed by atoms with E-state index in [1.165, 1.54) is 0 Å². The van der Waals surface area contributed by atoms with Crippen molar-refractivity contribution in [1.82, 2.24) is 9.88 Å². The van der Waals surface area contributed by atoms with Gasteiger partial charge in [-0.3, -0.25) is 4.90 Å². The van der Waals surface area contributed by atoms with Gasteiger partial charge in [0.05, 0.1) is 10.6 Å². The van der Waals surface area contributed by atoms with Crippen molar-refractivity contribution in [2.45, 2.75) is 32.4 Å². The van der Waals surface area contributed by atoms with Gasteiger partial charge in [-0.25, -0.2) is 0 Å². The minimum absolute atomic E-state index is 0.339. The Morgan fingerprint density at radius 2 is 2.15 bits per heavy atom. The maximum absolute atomic E-state index is 10.1. The Balaban J connectivity index is 1.76. The molecular weight excluding hydrogens is 272 g/mol. The standard InChI is InChI=1S/C16H21ClN2O/c1-16(2,20)11-7-8-19(9-11)10-14-15(17)12-5-3-4-6-13(12)18-14/h3-6,11,18,20H,7-10H2,1-2H3. The van der Waals surface area contributed by atoms with Crippen molar-refractivity contribution in [3.63, 3.8) is 0 Å². The number of aromatic amines is 1. The van der Waals surface area contributed by atoms with Gasteiger partial charge in [-0.15, -0.1) is 0 Å². The fourth-order valence-corrected chi connectivity index (χ4v) is 3.32. The molecule has 0 saturated carbocycles. The number of benzene rings is 1. The molecule has 0 amide bonds. The van der Waals surface area contributed by atoms with E-state index in [9.17, 15) is 5.11 Å². The second kappa shape index (κ2) is 5.06. The topological polar surface area (TPSA) is 39.3 Å². The van der Waals surface area contributed by atoms with E-state index in [0.717, 1.165) is 47.7 Å². The first-order valence-corrected chi connectivity index (χ1v) is 7.53. The van der Waals surface area contributed by atoms with Crippen molar-refractivity contribution >= 4 is 22.5 Å². The normalized spacial score (nSPS) is 20.9. The van der Waals surface area contributed by atoms with Crippen LogP contribution in [-0.4, -0.2) is 33.7 Å². The van der Waals surface area contributed by atoms with Crippen molar-refractivity contribution in [2.75, 3.05) is 13.1 Å². The second-order valence-corrected chi connectivity index (χ2v) is 6.72. The molecule has 1 aromatic carbocycles. The molecule has 1 atom stereocenters. The Morgan fingerprint density at radius 1 is 1.40 bits per heavy atom. The van der Waals surface area contributed by atoms with Gasteiger partial charge < -0.3 is 10.1 Å². The molecule has 3 nitrogen and oxygen atoms in total. The Bertz CT molecular complexity index is 614. The van der Waals surface area contributed by atoms with E-state index in [1.54, 1.807) is 0 Å². The average molecular weight is 293 g/mol. The van der Waals surface area contributed by atoms with Gasteiger partial charge in [0.2, 0.25) is 0 Å². The minimum atomic E-state index is -0.598. The number of halogens is 1. The zero-order valence-electron chi connectivity index (χ0n) is 12.0. The van der Waals surface area contributed by atoms with Gasteiger partial charge in [0.1, 0.15) is 0 Å². The van der Waals surface area contributed by atoms with Crippen LogP contribution in [0.3, 0.4) is 0 Å². The number of aromatic nitrogens is 1. The first-order valence-electron chi connectivity index (χ1n) is 7.15. The number of para-hydroxylation sites is 1. The van der Waals surface area contributed by atoms with Crippen molar-refractivity contribution in [2.24, 2.45) is 5.92 Å². The van der Waals surface area contributed by atoms with Crippen molar-refractivity contribution in [3.8, 4) is 0 Å². The van der Waals surface area contributed by atoms with E-state index in [-0.39, 0.29) is 0 Å². The van der Waals surface area contributed by atoms with E-state index in [4.69, 9.17) is 11.6 Å². The summed E-state index contributed by atoms with van der Waals surface area (Å²) in [5, 5.41) is 12.0. The van der Waals surface area contributed by atoms with Gasteiger partial charge in [0, 0.05) is 35.6 Å². The first-order chi connectivity index (χ1) is 9.45. The van der Waals surface area contributed by atoms with Crippen molar-refractivity contribution in [3.05, 3.63) is 35.0 Å². The van der Waals surface area contributed by atoms with Crippen LogP contribution >= 0.6 is 11.6 Å². The third-order valence-corrected chi connectivity index (χ3v) is 4.80. The quantitative estimate of drug-likeness (QED) is 0.910. The molecule has 3 rings (SSSR count). The summed E-state index contributed by atoms with van der Waals surface area (Å²) in [6.07, 6.45) is 1.04. The lowest BCUT2D eigenvalue weighted by Gasteiger charge is -2.25. The number of rotatable bonds is 3. The molecule has 0 bridgehead atoms. The van der Waals surface area contributed by atoms with Gasteiger partial charge in [0.15, 0.2) is 0 Å². The van der Waals surface area contributed by atoms with Crippen LogP contribution in [0.4, 0.5) is 0 Å². The lowest BCUT2D eigenvalue weighted by molar-refractivity contribution is 0.0207. The molecule has 1 aromatic heterocycles. The van der Waals surface area contributed by atoms with Gasteiger partial charge >= 0.3 is 0 Å². The summed E-state index contributed by atoms with van der Waals surface area (Å²) in [6.45, 7) is 6.56. The van der Waals surface area contributed by atoms with Gasteiger partial charge in [-0.2, -0.15) is 0 Å². The lowest BCUT2D eigenvalue weighted by Crippen LogP contribution is -2.33. The molecule has 0 spiro atoms. The van der Waals surface area contributed by atoms with Crippen LogP contribution in [0.1, 0.15) is 26.0 Å². The van der Waals surface area contributed by atoms with E-state index >= 15 is 0 Å². The third-order valence-electron chi connectivity index (χ3n) is 4.37. The maximum atomic E-state index is 10.1. The smallest absolute Gasteiger partial charge is 0.0705 e. The number of hydrogen-bond donors (Lipinski definition) is 2. The highest BCUT2D eigenvalue weighted by atomic mass is 35.5. The Morgan fingerprint density at radius 3 is 2.80 bits per heavy atom. The SMILES string of the molecule is CC(C)(O)C1CCN(Cc2[nH]c3ccccc3c2Cl)C1. The predicted molar refractivity (Wildman–Crippen MR) is 83.0 cm³/mol. The molecule has 2 aromatic rings. The molecule has 108 valence electrons. The van der Waals surface area contributed by atoms with Gasteiger partial charge in [0.25, 0.3) is 0 Å². The zero-order chi connectivity index (χ0) is 14.3. The van der Waals surface area contributed by atoms with Crippen molar-refractivity contribution < 1.29 is 5.11 Å². The Hall–Kier alpha value is -1.03. The molecule has 1 unspecified atom stereocenters. The number of nitrogens with one attached hydrogen (secondary N) is 1. The number of hydrogen-bond acceptors (Lipinski definition) is 2. The molecular formula is C16H21ClN2O. The highest BCUT2D eigenvalue weighted by molar-refractivity contribution is 6.36. The Kier molecular flexibility index (Phi) is 3.53. The number of aliphatic hydroxyl groups is 1.